The molecule has 0 radical (unpaired) electrons. The fourth-order valence-electron chi connectivity index (χ4n) is 5.01. The summed E-state index contributed by atoms with van der Waals surface area (Å²) in [5.74, 6) is 0.466. The van der Waals surface area contributed by atoms with E-state index in [-0.39, 0.29) is 17.9 Å². The minimum Gasteiger partial charge on any atom is -0.463 e. The quantitative estimate of drug-likeness (QED) is 0.641. The van der Waals surface area contributed by atoms with Gasteiger partial charge in [0.2, 0.25) is 5.91 Å². The number of nitrogens with zero attached hydrogens (tertiary/aromatic N) is 2. The van der Waals surface area contributed by atoms with Gasteiger partial charge in [0.15, 0.2) is 0 Å². The number of nitrogens with one attached hydrogen (secondary N) is 1. The van der Waals surface area contributed by atoms with E-state index in [2.05, 4.69) is 5.32 Å². The van der Waals surface area contributed by atoms with Gasteiger partial charge in [0.25, 0.3) is 5.91 Å². The molecule has 166 valence electrons. The molecule has 1 aliphatic heterocycles. The van der Waals surface area contributed by atoms with Crippen LogP contribution in [0.25, 0.3) is 11.5 Å². The minimum absolute atomic E-state index is 0.0848. The first-order valence-corrected chi connectivity index (χ1v) is 11.5. The standard InChI is InChI=1S/C26H29N3O3/c1-26(25(31)27-20-11-6-3-7-12-20)18-28-21(23-13-8-16-32-23)14-15-22(28)24(30)29(26)17-19-9-4-2-5-10-19/h2,4-5,8-10,13-16,20H,3,6-7,11-12,17-18H2,1H3,(H,27,31)/t26-/m0/s1. The molecule has 1 aliphatic carbocycles. The van der Waals surface area contributed by atoms with Gasteiger partial charge in [-0.25, -0.2) is 0 Å². The Morgan fingerprint density at radius 1 is 1.03 bits per heavy atom. The number of amides is 2. The van der Waals surface area contributed by atoms with Crippen LogP contribution in [0, 0.1) is 0 Å². The lowest BCUT2D eigenvalue weighted by molar-refractivity contribution is -0.134. The highest BCUT2D eigenvalue weighted by atomic mass is 16.3. The molecule has 32 heavy (non-hydrogen) atoms. The molecule has 6 nitrogen and oxygen atoms in total. The number of aromatic nitrogens is 1. The summed E-state index contributed by atoms with van der Waals surface area (Å²) in [6.07, 6.45) is 7.12. The average molecular weight is 432 g/mol. The van der Waals surface area contributed by atoms with Crippen molar-refractivity contribution in [1.82, 2.24) is 14.8 Å². The number of rotatable bonds is 5. The summed E-state index contributed by atoms with van der Waals surface area (Å²) in [7, 11) is 0. The molecule has 1 aromatic carbocycles. The smallest absolute Gasteiger partial charge is 0.271 e. The molecule has 1 atom stereocenters. The summed E-state index contributed by atoms with van der Waals surface area (Å²) in [6, 6.07) is 17.5. The average Bonchev–Trinajstić information content (AvgIpc) is 3.48. The van der Waals surface area contributed by atoms with Gasteiger partial charge >= 0.3 is 0 Å². The third kappa shape index (κ3) is 3.64. The highest BCUT2D eigenvalue weighted by Gasteiger charge is 2.48. The SMILES string of the molecule is C[C@@]1(C(=O)NC2CCCCC2)Cn2c(ccc2-c2ccco2)C(=O)N1Cc1ccccc1. The number of carbonyl (C=O) groups excluding carboxylic acids is 2. The highest BCUT2D eigenvalue weighted by molar-refractivity contribution is 6.00. The maximum absolute atomic E-state index is 13.7. The first kappa shape index (κ1) is 20.6. The molecular formula is C26H29N3O3. The second-order valence-electron chi connectivity index (χ2n) is 9.13. The molecule has 1 N–H and O–H groups in total. The van der Waals surface area contributed by atoms with Crippen LogP contribution in [0.15, 0.2) is 65.3 Å². The van der Waals surface area contributed by atoms with Gasteiger partial charge in [-0.15, -0.1) is 0 Å². The lowest BCUT2D eigenvalue weighted by Crippen LogP contribution is -2.64. The number of hydrogen-bond donors (Lipinski definition) is 1. The molecule has 3 aromatic rings. The molecule has 3 heterocycles. The van der Waals surface area contributed by atoms with Gasteiger partial charge in [-0.2, -0.15) is 0 Å². The van der Waals surface area contributed by atoms with Crippen LogP contribution in [-0.2, 0) is 17.9 Å². The Balaban J connectivity index is 1.52. The molecule has 2 aromatic heterocycles. The molecule has 1 fully saturated rings. The summed E-state index contributed by atoms with van der Waals surface area (Å²) >= 11 is 0. The van der Waals surface area contributed by atoms with Crippen molar-refractivity contribution in [1.29, 1.82) is 0 Å². The van der Waals surface area contributed by atoms with Gasteiger partial charge in [-0.3, -0.25) is 9.59 Å². The largest absolute Gasteiger partial charge is 0.463 e. The van der Waals surface area contributed by atoms with Crippen LogP contribution in [0.1, 0.15) is 55.1 Å². The lowest BCUT2D eigenvalue weighted by atomic mass is 9.91. The Labute approximate surface area is 188 Å². The van der Waals surface area contributed by atoms with E-state index in [0.29, 0.717) is 24.5 Å². The van der Waals surface area contributed by atoms with E-state index in [1.54, 1.807) is 11.2 Å². The van der Waals surface area contributed by atoms with Crippen LogP contribution in [0.3, 0.4) is 0 Å². The van der Waals surface area contributed by atoms with E-state index in [9.17, 15) is 9.59 Å². The number of carbonyl (C=O) groups is 2. The minimum atomic E-state index is -1.02. The van der Waals surface area contributed by atoms with Crippen LogP contribution in [0.5, 0.6) is 0 Å². The predicted octanol–water partition coefficient (Wildman–Crippen LogP) is 4.61. The molecule has 0 saturated heterocycles. The normalized spacial score (nSPS) is 21.4. The van der Waals surface area contributed by atoms with Gasteiger partial charge in [0, 0.05) is 12.6 Å². The summed E-state index contributed by atoms with van der Waals surface area (Å²) in [5, 5.41) is 3.27. The number of furan rings is 1. The Bertz CT molecular complexity index is 1100. The number of fused-ring (bicyclic) bond motifs is 1. The summed E-state index contributed by atoms with van der Waals surface area (Å²) in [5.41, 5.74) is 1.38. The molecule has 2 amide bonds. The molecule has 5 rings (SSSR count). The molecule has 1 saturated carbocycles. The summed E-state index contributed by atoms with van der Waals surface area (Å²) in [6.45, 7) is 2.65. The Morgan fingerprint density at radius 2 is 1.78 bits per heavy atom. The molecule has 0 bridgehead atoms. The van der Waals surface area contributed by atoms with Crippen molar-refractivity contribution >= 4 is 11.8 Å². The van der Waals surface area contributed by atoms with E-state index >= 15 is 0 Å². The lowest BCUT2D eigenvalue weighted by Gasteiger charge is -2.45. The summed E-state index contributed by atoms with van der Waals surface area (Å²) < 4.78 is 7.54. The van der Waals surface area contributed by atoms with E-state index in [0.717, 1.165) is 36.9 Å². The van der Waals surface area contributed by atoms with Gasteiger partial charge in [0.05, 0.1) is 18.5 Å². The monoisotopic (exact) mass is 431 g/mol. The van der Waals surface area contributed by atoms with Crippen LogP contribution in [-0.4, -0.2) is 32.9 Å². The first-order valence-electron chi connectivity index (χ1n) is 11.5. The van der Waals surface area contributed by atoms with E-state index < -0.39 is 5.54 Å². The molecule has 6 heteroatoms. The van der Waals surface area contributed by atoms with Gasteiger partial charge in [-0.1, -0.05) is 49.6 Å². The second-order valence-corrected chi connectivity index (χ2v) is 9.13. The maximum atomic E-state index is 13.7. The van der Waals surface area contributed by atoms with Crippen molar-refractivity contribution in [2.24, 2.45) is 0 Å². The van der Waals surface area contributed by atoms with E-state index in [4.69, 9.17) is 4.42 Å². The summed E-state index contributed by atoms with van der Waals surface area (Å²) in [4.78, 5) is 29.2. The molecule has 0 spiro atoms. The van der Waals surface area contributed by atoms with Crippen molar-refractivity contribution in [3.63, 3.8) is 0 Å². The molecule has 2 aliphatic rings. The first-order chi connectivity index (χ1) is 15.6. The zero-order valence-electron chi connectivity index (χ0n) is 18.4. The van der Waals surface area contributed by atoms with Crippen molar-refractivity contribution in [3.05, 3.63) is 72.1 Å². The Hall–Kier alpha value is -3.28. The van der Waals surface area contributed by atoms with Gasteiger partial charge in [-0.05, 0) is 49.6 Å². The second kappa shape index (κ2) is 8.34. The van der Waals surface area contributed by atoms with Crippen LogP contribution < -0.4 is 5.32 Å². The van der Waals surface area contributed by atoms with E-state index in [1.807, 2.05) is 66.1 Å². The van der Waals surface area contributed by atoms with Crippen molar-refractivity contribution in [3.8, 4) is 11.5 Å². The maximum Gasteiger partial charge on any atom is 0.271 e. The van der Waals surface area contributed by atoms with Crippen molar-refractivity contribution < 1.29 is 14.0 Å². The number of benzene rings is 1. The number of hydrogen-bond acceptors (Lipinski definition) is 3. The molecule has 0 unspecified atom stereocenters. The topological polar surface area (TPSA) is 67.5 Å². The third-order valence-electron chi connectivity index (χ3n) is 6.89. The zero-order chi connectivity index (χ0) is 22.1. The van der Waals surface area contributed by atoms with Crippen LogP contribution in [0.2, 0.25) is 0 Å². The van der Waals surface area contributed by atoms with Gasteiger partial charge < -0.3 is 19.2 Å². The zero-order valence-corrected chi connectivity index (χ0v) is 18.4. The highest BCUT2D eigenvalue weighted by Crippen LogP contribution is 2.34. The van der Waals surface area contributed by atoms with Crippen LogP contribution in [0.4, 0.5) is 0 Å². The van der Waals surface area contributed by atoms with E-state index in [1.165, 1.54) is 6.42 Å². The van der Waals surface area contributed by atoms with Crippen molar-refractivity contribution in [2.45, 2.75) is 63.7 Å². The predicted molar refractivity (Wildman–Crippen MR) is 122 cm³/mol. The fraction of sp³-hybridized carbons (Fsp3) is 0.385. The molecular weight excluding hydrogens is 402 g/mol. The third-order valence-corrected chi connectivity index (χ3v) is 6.89. The fourth-order valence-corrected chi connectivity index (χ4v) is 5.01. The van der Waals surface area contributed by atoms with Gasteiger partial charge in [0.1, 0.15) is 17.0 Å². The Kier molecular flexibility index (Phi) is 5.37. The van der Waals surface area contributed by atoms with Crippen LogP contribution >= 0.6 is 0 Å². The Morgan fingerprint density at radius 3 is 2.50 bits per heavy atom. The van der Waals surface area contributed by atoms with Crippen molar-refractivity contribution in [2.75, 3.05) is 0 Å².